The van der Waals surface area contributed by atoms with Crippen LogP contribution in [0.4, 0.5) is 0 Å². The summed E-state index contributed by atoms with van der Waals surface area (Å²) in [5, 5.41) is 22.3. The number of rotatable bonds is 15. The van der Waals surface area contributed by atoms with Crippen LogP contribution in [-0.4, -0.2) is 10.2 Å². The van der Waals surface area contributed by atoms with Gasteiger partial charge in [-0.2, -0.15) is 0 Å². The molecule has 2 unspecified atom stereocenters. The van der Waals surface area contributed by atoms with Gasteiger partial charge in [-0.3, -0.25) is 0 Å². The van der Waals surface area contributed by atoms with Gasteiger partial charge in [0.2, 0.25) is 0 Å². The normalized spacial score (nSPS) is 18.2. The quantitative estimate of drug-likeness (QED) is 0.125. The van der Waals surface area contributed by atoms with Gasteiger partial charge in [-0.25, -0.2) is 0 Å². The van der Waals surface area contributed by atoms with E-state index in [1.165, 1.54) is 41.7 Å². The summed E-state index contributed by atoms with van der Waals surface area (Å²) in [5.41, 5.74) is 18.5. The first-order valence-electron chi connectivity index (χ1n) is 23.8. The monoisotopic (exact) mass is 886 g/mol. The maximum absolute atomic E-state index is 11.2. The number of allylic oxidation sites excluding steroid dienone is 10. The number of fused-ring (bicyclic) bond motifs is 6. The van der Waals surface area contributed by atoms with Crippen LogP contribution in [0.25, 0.3) is 23.3 Å². The van der Waals surface area contributed by atoms with Gasteiger partial charge in [-0.15, -0.1) is 0 Å². The Morgan fingerprint density at radius 3 is 1.33 bits per heavy atom. The Morgan fingerprint density at radius 2 is 0.934 bits per heavy atom. The molecule has 2 atom stereocenters. The fourth-order valence-corrected chi connectivity index (χ4v) is 25.8. The molecule has 0 bridgehead atoms. The van der Waals surface area contributed by atoms with E-state index in [0.29, 0.717) is 23.3 Å². The summed E-state index contributed by atoms with van der Waals surface area (Å²) >= 11 is -2.68. The minimum absolute atomic E-state index is 0.355. The molecule has 3 heteroatoms. The molecule has 5 aliphatic rings. The third-order valence-electron chi connectivity index (χ3n) is 14.1. The van der Waals surface area contributed by atoms with E-state index in [-0.39, 0.29) is 0 Å². The second-order valence-corrected chi connectivity index (χ2v) is 28.8. The van der Waals surface area contributed by atoms with Crippen molar-refractivity contribution in [2.45, 2.75) is 139 Å². The number of aromatic hydroxyl groups is 2. The molecular formula is C58H68O2Zr. The van der Waals surface area contributed by atoms with Gasteiger partial charge in [-0.1, -0.05) is 65.5 Å². The number of hydrogen-bond donors (Lipinski definition) is 2. The van der Waals surface area contributed by atoms with Crippen molar-refractivity contribution in [3.63, 3.8) is 0 Å². The van der Waals surface area contributed by atoms with Gasteiger partial charge in [0.1, 0.15) is 11.5 Å². The van der Waals surface area contributed by atoms with Crippen LogP contribution in [0.1, 0.15) is 147 Å². The van der Waals surface area contributed by atoms with Crippen LogP contribution in [0.2, 0.25) is 8.26 Å². The summed E-state index contributed by atoms with van der Waals surface area (Å²) in [6.07, 6.45) is 36.0. The molecule has 0 saturated carbocycles. The van der Waals surface area contributed by atoms with Crippen molar-refractivity contribution in [2.24, 2.45) is 0 Å². The van der Waals surface area contributed by atoms with Crippen LogP contribution >= 0.6 is 0 Å². The van der Waals surface area contributed by atoms with E-state index in [9.17, 15) is 10.2 Å². The molecule has 61 heavy (non-hydrogen) atoms. The molecular weight excluding hydrogens is 820 g/mol. The summed E-state index contributed by atoms with van der Waals surface area (Å²) in [4.78, 5) is 0. The summed E-state index contributed by atoms with van der Waals surface area (Å²) in [6, 6.07) is 18.3. The zero-order valence-corrected chi connectivity index (χ0v) is 40.3. The van der Waals surface area contributed by atoms with Gasteiger partial charge in [0.05, 0.1) is 0 Å². The molecule has 0 aromatic heterocycles. The van der Waals surface area contributed by atoms with Gasteiger partial charge < -0.3 is 10.2 Å². The molecule has 316 valence electrons. The standard InChI is InChI=1S/C28H42O2.2C14H11.C2H4.Zr/c1-5-9-13-21-17-23(15-11-7-3)27(29)25(19-21)26-20-22(14-10-6-2)18-24(28(26)30)16-12-8-4;2*1-10-6-7-14-12(8-10)9-11-4-2-3-5-13(11)14;1-2;/h17-20,29-30H,5-16H2,1-4H3;2*2-7,9,13H,1H3;1-2H2;. The van der Waals surface area contributed by atoms with E-state index in [1.807, 2.05) is 0 Å². The Bertz CT molecular complexity index is 2310. The number of phenolic OH excluding ortho intramolecular Hbond substituents is 2. The fraction of sp³-hybridized carbons (Fsp3) is 0.379. The van der Waals surface area contributed by atoms with Crippen molar-refractivity contribution in [3.05, 3.63) is 164 Å². The van der Waals surface area contributed by atoms with Crippen molar-refractivity contribution in [2.75, 3.05) is 0 Å². The SMILES string of the molecule is CCCCc1cc(CCCC)c(O)c(-c2cc(CCCC)cc(CCCC)c2O)c1.Cc1ccc2c([c]1[Zr]1([c]3c(C)ccc4c3C=C3C=CC=CC34)[CH2][CH2]1)C=C1C=CC=CC12. The Kier molecular flexibility index (Phi) is 13.6. The van der Waals surface area contributed by atoms with Gasteiger partial charge in [0, 0.05) is 11.1 Å². The zero-order chi connectivity index (χ0) is 42.7. The van der Waals surface area contributed by atoms with Gasteiger partial charge >= 0.3 is 190 Å². The van der Waals surface area contributed by atoms with Gasteiger partial charge in [0.15, 0.2) is 0 Å². The van der Waals surface area contributed by atoms with Crippen LogP contribution in [0.15, 0.2) is 108 Å². The molecule has 1 fully saturated rings. The fourth-order valence-electron chi connectivity index (χ4n) is 10.7. The summed E-state index contributed by atoms with van der Waals surface area (Å²) in [7, 11) is 0. The first-order chi connectivity index (χ1) is 29.7. The summed E-state index contributed by atoms with van der Waals surface area (Å²) in [5.74, 6) is 1.63. The molecule has 0 amide bonds. The average molecular weight is 888 g/mol. The molecule has 0 spiro atoms. The Labute approximate surface area is 372 Å². The molecule has 1 aliphatic heterocycles. The number of unbranched alkanes of at least 4 members (excludes halogenated alkanes) is 4. The average Bonchev–Trinajstić information content (AvgIpc) is 3.83. The molecule has 4 aromatic carbocycles. The molecule has 9 rings (SSSR count). The van der Waals surface area contributed by atoms with Crippen molar-refractivity contribution < 1.29 is 30.5 Å². The van der Waals surface area contributed by atoms with Crippen LogP contribution in [-0.2, 0) is 45.9 Å². The molecule has 1 heterocycles. The molecule has 1 saturated heterocycles. The molecule has 4 aromatic rings. The van der Waals surface area contributed by atoms with Crippen molar-refractivity contribution in [1.29, 1.82) is 0 Å². The summed E-state index contributed by atoms with van der Waals surface area (Å²) in [6.45, 7) is 13.5. The van der Waals surface area contributed by atoms with Crippen LogP contribution in [0.3, 0.4) is 0 Å². The number of hydrogen-bond acceptors (Lipinski definition) is 2. The van der Waals surface area contributed by atoms with Crippen molar-refractivity contribution in [3.8, 4) is 22.6 Å². The van der Waals surface area contributed by atoms with E-state index < -0.39 is 20.3 Å². The predicted octanol–water partition coefficient (Wildman–Crippen LogP) is 14.6. The maximum atomic E-state index is 11.2. The van der Waals surface area contributed by atoms with Gasteiger partial charge in [0.25, 0.3) is 0 Å². The second kappa shape index (κ2) is 19.0. The second-order valence-electron chi connectivity index (χ2n) is 18.6. The van der Waals surface area contributed by atoms with Crippen molar-refractivity contribution >= 4 is 18.7 Å². The summed E-state index contributed by atoms with van der Waals surface area (Å²) < 4.78 is 6.52. The van der Waals surface area contributed by atoms with E-state index in [2.05, 4.69) is 151 Å². The Balaban J connectivity index is 0.000000169. The van der Waals surface area contributed by atoms with Crippen LogP contribution in [0, 0.1) is 13.8 Å². The first-order valence-corrected chi connectivity index (χ1v) is 29.8. The molecule has 0 radical (unpaired) electrons. The first kappa shape index (κ1) is 43.5. The van der Waals surface area contributed by atoms with Gasteiger partial charge in [-0.05, 0) is 85.8 Å². The van der Waals surface area contributed by atoms with E-state index >= 15 is 0 Å². The number of phenols is 2. The van der Waals surface area contributed by atoms with E-state index in [1.54, 1.807) is 28.8 Å². The Morgan fingerprint density at radius 1 is 0.525 bits per heavy atom. The third kappa shape index (κ3) is 8.63. The Hall–Kier alpha value is -4.20. The van der Waals surface area contributed by atoms with E-state index in [4.69, 9.17) is 0 Å². The molecule has 4 aliphatic carbocycles. The van der Waals surface area contributed by atoms with Crippen molar-refractivity contribution in [1.82, 2.24) is 0 Å². The van der Waals surface area contributed by atoms with E-state index in [0.717, 1.165) is 99.3 Å². The predicted molar refractivity (Wildman–Crippen MR) is 259 cm³/mol. The number of aryl methyl sites for hydroxylation is 6. The number of benzene rings is 4. The van der Waals surface area contributed by atoms with Crippen LogP contribution in [0.5, 0.6) is 11.5 Å². The van der Waals surface area contributed by atoms with Crippen LogP contribution < -0.4 is 6.54 Å². The minimum atomic E-state index is -2.68. The molecule has 2 nitrogen and oxygen atoms in total. The topological polar surface area (TPSA) is 40.5 Å². The molecule has 2 N–H and O–H groups in total. The third-order valence-corrected chi connectivity index (χ3v) is 25.8. The zero-order valence-electron chi connectivity index (χ0n) is 37.8.